The predicted octanol–water partition coefficient (Wildman–Crippen LogP) is 3.44. The summed E-state index contributed by atoms with van der Waals surface area (Å²) in [6.45, 7) is 0.0919. The monoisotopic (exact) mass is 340 g/mol. The Hall–Kier alpha value is -1.95. The van der Waals surface area contributed by atoms with E-state index in [0.29, 0.717) is 15.6 Å². The van der Waals surface area contributed by atoms with E-state index in [2.05, 4.69) is 21.2 Å². The van der Waals surface area contributed by atoms with Crippen LogP contribution in [0.1, 0.15) is 15.9 Å². The molecular weight excluding hydrogens is 330 g/mol. The Morgan fingerprint density at radius 3 is 2.40 bits per heavy atom. The Morgan fingerprint density at radius 1 is 1.20 bits per heavy atom. The van der Waals surface area contributed by atoms with Crippen LogP contribution < -0.4 is 11.1 Å². The molecule has 0 aliphatic heterocycles. The van der Waals surface area contributed by atoms with Gasteiger partial charge in [-0.2, -0.15) is 0 Å². The fourth-order valence-corrected chi connectivity index (χ4v) is 2.21. The van der Waals surface area contributed by atoms with Crippen LogP contribution >= 0.6 is 15.9 Å². The van der Waals surface area contributed by atoms with E-state index >= 15 is 0 Å². The molecule has 3 N–H and O–H groups in total. The molecule has 20 heavy (non-hydrogen) atoms. The lowest BCUT2D eigenvalue weighted by Gasteiger charge is -2.11. The van der Waals surface area contributed by atoms with E-state index in [1.165, 1.54) is 0 Å². The Morgan fingerprint density at radius 2 is 1.80 bits per heavy atom. The third-order valence-corrected chi connectivity index (χ3v) is 3.20. The van der Waals surface area contributed by atoms with Crippen molar-refractivity contribution < 1.29 is 13.6 Å². The van der Waals surface area contributed by atoms with Crippen molar-refractivity contribution in [2.24, 2.45) is 5.73 Å². The molecule has 2 aromatic carbocycles. The molecule has 2 rings (SSSR count). The second-order valence-electron chi connectivity index (χ2n) is 4.12. The number of hydrogen-bond donors (Lipinski definition) is 2. The Labute approximate surface area is 122 Å². The largest absolute Gasteiger partial charge is 0.376 e. The molecule has 2 aromatic rings. The summed E-state index contributed by atoms with van der Waals surface area (Å²) < 4.78 is 27.6. The first-order chi connectivity index (χ1) is 9.49. The van der Waals surface area contributed by atoms with E-state index in [4.69, 9.17) is 5.73 Å². The van der Waals surface area contributed by atoms with Gasteiger partial charge in [-0.15, -0.1) is 0 Å². The standard InChI is InChI=1S/C14H11BrF2N2O/c15-9-5-11(16)13(12(17)6-9)19-7-8-3-1-2-4-10(8)14(18)20/h1-6,19H,7H2,(H2,18,20). The van der Waals surface area contributed by atoms with Gasteiger partial charge in [-0.25, -0.2) is 8.78 Å². The molecule has 0 aromatic heterocycles. The van der Waals surface area contributed by atoms with Crippen molar-refractivity contribution in [2.75, 3.05) is 5.32 Å². The molecule has 104 valence electrons. The van der Waals surface area contributed by atoms with E-state index in [1.54, 1.807) is 24.3 Å². The van der Waals surface area contributed by atoms with Gasteiger partial charge in [0.2, 0.25) is 5.91 Å². The van der Waals surface area contributed by atoms with Gasteiger partial charge in [0.1, 0.15) is 17.3 Å². The predicted molar refractivity (Wildman–Crippen MR) is 76.3 cm³/mol. The van der Waals surface area contributed by atoms with E-state index in [9.17, 15) is 13.6 Å². The average molecular weight is 341 g/mol. The minimum atomic E-state index is -0.714. The molecule has 0 atom stereocenters. The van der Waals surface area contributed by atoms with E-state index in [0.717, 1.165) is 12.1 Å². The van der Waals surface area contributed by atoms with Crippen LogP contribution in [-0.2, 0) is 6.54 Å². The van der Waals surface area contributed by atoms with Gasteiger partial charge >= 0.3 is 0 Å². The van der Waals surface area contributed by atoms with Gasteiger partial charge in [-0.1, -0.05) is 34.1 Å². The second kappa shape index (κ2) is 6.00. The number of primary amides is 1. The topological polar surface area (TPSA) is 55.1 Å². The quantitative estimate of drug-likeness (QED) is 0.895. The lowest BCUT2D eigenvalue weighted by molar-refractivity contribution is 0.0999. The van der Waals surface area contributed by atoms with Crippen LogP contribution in [0.25, 0.3) is 0 Å². The molecule has 6 heteroatoms. The zero-order valence-electron chi connectivity index (χ0n) is 10.3. The van der Waals surface area contributed by atoms with Crippen LogP contribution in [0.5, 0.6) is 0 Å². The van der Waals surface area contributed by atoms with Crippen LogP contribution in [0.15, 0.2) is 40.9 Å². The SMILES string of the molecule is NC(=O)c1ccccc1CNc1c(F)cc(Br)cc1F. The van der Waals surface area contributed by atoms with Crippen molar-refractivity contribution in [2.45, 2.75) is 6.54 Å². The molecule has 0 heterocycles. The van der Waals surface area contributed by atoms with Crippen molar-refractivity contribution in [3.63, 3.8) is 0 Å². The van der Waals surface area contributed by atoms with Crippen LogP contribution in [0, 0.1) is 11.6 Å². The van der Waals surface area contributed by atoms with E-state index < -0.39 is 17.5 Å². The van der Waals surface area contributed by atoms with Gasteiger partial charge in [0, 0.05) is 16.6 Å². The maximum atomic E-state index is 13.6. The summed E-state index contributed by atoms with van der Waals surface area (Å²) in [5.74, 6) is -2.01. The van der Waals surface area contributed by atoms with Gasteiger partial charge in [-0.05, 0) is 23.8 Å². The lowest BCUT2D eigenvalue weighted by atomic mass is 10.1. The zero-order valence-corrected chi connectivity index (χ0v) is 11.9. The molecule has 0 unspecified atom stereocenters. The summed E-state index contributed by atoms with van der Waals surface area (Å²) in [5, 5.41) is 2.64. The van der Waals surface area contributed by atoms with Gasteiger partial charge in [0.25, 0.3) is 0 Å². The molecule has 0 spiro atoms. The summed E-state index contributed by atoms with van der Waals surface area (Å²) in [6, 6.07) is 8.94. The number of hydrogen-bond acceptors (Lipinski definition) is 2. The fraction of sp³-hybridized carbons (Fsp3) is 0.0714. The highest BCUT2D eigenvalue weighted by molar-refractivity contribution is 9.10. The average Bonchev–Trinajstić information content (AvgIpc) is 2.37. The van der Waals surface area contributed by atoms with Gasteiger partial charge in [0.15, 0.2) is 0 Å². The molecule has 3 nitrogen and oxygen atoms in total. The molecule has 0 bridgehead atoms. The Balaban J connectivity index is 2.24. The van der Waals surface area contributed by atoms with Crippen LogP contribution in [0.2, 0.25) is 0 Å². The number of carbonyl (C=O) groups excluding carboxylic acids is 1. The van der Waals surface area contributed by atoms with Gasteiger partial charge in [-0.3, -0.25) is 4.79 Å². The normalized spacial score (nSPS) is 10.3. The molecule has 0 saturated heterocycles. The summed E-state index contributed by atoms with van der Waals surface area (Å²) >= 11 is 3.00. The number of benzene rings is 2. The maximum Gasteiger partial charge on any atom is 0.249 e. The summed E-state index contributed by atoms with van der Waals surface area (Å²) in [6.07, 6.45) is 0. The molecule has 1 amide bonds. The molecule has 0 aliphatic rings. The highest BCUT2D eigenvalue weighted by atomic mass is 79.9. The number of carbonyl (C=O) groups is 1. The van der Waals surface area contributed by atoms with Gasteiger partial charge < -0.3 is 11.1 Å². The molecule has 0 aliphatic carbocycles. The van der Waals surface area contributed by atoms with Crippen LogP contribution in [0.4, 0.5) is 14.5 Å². The number of halogens is 3. The highest BCUT2D eigenvalue weighted by Crippen LogP contribution is 2.24. The van der Waals surface area contributed by atoms with Crippen molar-refractivity contribution in [3.8, 4) is 0 Å². The third-order valence-electron chi connectivity index (χ3n) is 2.75. The second-order valence-corrected chi connectivity index (χ2v) is 5.04. The minimum Gasteiger partial charge on any atom is -0.376 e. The number of rotatable bonds is 4. The summed E-state index contributed by atoms with van der Waals surface area (Å²) in [4.78, 5) is 11.3. The van der Waals surface area contributed by atoms with Crippen LogP contribution in [0.3, 0.4) is 0 Å². The number of nitrogens with two attached hydrogens (primary N) is 1. The van der Waals surface area contributed by atoms with E-state index in [1.807, 2.05) is 0 Å². The molecule has 0 saturated carbocycles. The van der Waals surface area contributed by atoms with Crippen molar-refractivity contribution in [3.05, 3.63) is 63.6 Å². The first-order valence-electron chi connectivity index (χ1n) is 5.75. The third kappa shape index (κ3) is 3.14. The maximum absolute atomic E-state index is 13.6. The molecular formula is C14H11BrF2N2O. The number of nitrogens with one attached hydrogen (secondary N) is 1. The number of amides is 1. The highest BCUT2D eigenvalue weighted by Gasteiger charge is 2.12. The van der Waals surface area contributed by atoms with E-state index in [-0.39, 0.29) is 12.2 Å². The van der Waals surface area contributed by atoms with Crippen molar-refractivity contribution in [1.29, 1.82) is 0 Å². The summed E-state index contributed by atoms with van der Waals surface area (Å²) in [7, 11) is 0. The summed E-state index contributed by atoms with van der Waals surface area (Å²) in [5.41, 5.74) is 5.89. The first-order valence-corrected chi connectivity index (χ1v) is 6.54. The minimum absolute atomic E-state index is 0.0919. The lowest BCUT2D eigenvalue weighted by Crippen LogP contribution is -2.15. The van der Waals surface area contributed by atoms with Crippen molar-refractivity contribution >= 4 is 27.5 Å². The Kier molecular flexibility index (Phi) is 4.34. The van der Waals surface area contributed by atoms with Crippen LogP contribution in [-0.4, -0.2) is 5.91 Å². The first kappa shape index (κ1) is 14.5. The molecule has 0 radical (unpaired) electrons. The van der Waals surface area contributed by atoms with Crippen molar-refractivity contribution in [1.82, 2.24) is 0 Å². The Bertz CT molecular complexity index is 638. The zero-order chi connectivity index (χ0) is 14.7. The number of anilines is 1. The molecule has 0 fully saturated rings. The van der Waals surface area contributed by atoms with Gasteiger partial charge in [0.05, 0.1) is 0 Å². The fourth-order valence-electron chi connectivity index (χ4n) is 1.81. The smallest absolute Gasteiger partial charge is 0.249 e.